The van der Waals surface area contributed by atoms with E-state index < -0.39 is 0 Å². The molecule has 0 aliphatic carbocycles. The summed E-state index contributed by atoms with van der Waals surface area (Å²) < 4.78 is 7.16. The Morgan fingerprint density at radius 3 is 2.94 bits per heavy atom. The van der Waals surface area contributed by atoms with Crippen LogP contribution in [0.5, 0.6) is 5.75 Å². The number of halogens is 1. The molecule has 0 spiro atoms. The van der Waals surface area contributed by atoms with Crippen molar-refractivity contribution in [2.75, 3.05) is 25.9 Å². The van der Waals surface area contributed by atoms with E-state index in [2.05, 4.69) is 23.4 Å². The minimum atomic E-state index is -0.0975. The summed E-state index contributed by atoms with van der Waals surface area (Å²) in [7, 11) is 1.62. The summed E-state index contributed by atoms with van der Waals surface area (Å²) >= 11 is 6.49. The third kappa shape index (κ3) is 3.94. The molecule has 8 heteroatoms. The Morgan fingerprint density at radius 2 is 2.19 bits per heavy atom. The highest BCUT2D eigenvalue weighted by atomic mass is 35.5. The molecule has 0 saturated carbocycles. The van der Waals surface area contributed by atoms with Crippen LogP contribution in [0.3, 0.4) is 0 Å². The highest BCUT2D eigenvalue weighted by Crippen LogP contribution is 2.33. The Labute approximate surface area is 185 Å². The SMILES string of the molecule is C=CC(=O)N1CC[C@H](n2nc(C#Cc3cc(C)cc(OC)c3)c3c(N)ncc(Cl)c32)C1. The van der Waals surface area contributed by atoms with Crippen molar-refractivity contribution in [1.82, 2.24) is 19.7 Å². The monoisotopic (exact) mass is 435 g/mol. The van der Waals surface area contributed by atoms with Gasteiger partial charge in [-0.1, -0.05) is 24.1 Å². The van der Waals surface area contributed by atoms with Crippen LogP contribution in [0.2, 0.25) is 5.02 Å². The number of likely N-dealkylation sites (tertiary alicyclic amines) is 1. The number of anilines is 1. The third-order valence-corrected chi connectivity index (χ3v) is 5.59. The lowest BCUT2D eigenvalue weighted by atomic mass is 10.1. The molecule has 31 heavy (non-hydrogen) atoms. The first-order chi connectivity index (χ1) is 14.9. The highest BCUT2D eigenvalue weighted by Gasteiger charge is 2.29. The van der Waals surface area contributed by atoms with Crippen LogP contribution in [0.25, 0.3) is 10.9 Å². The lowest BCUT2D eigenvalue weighted by molar-refractivity contribution is -0.125. The smallest absolute Gasteiger partial charge is 0.246 e. The average molecular weight is 436 g/mol. The van der Waals surface area contributed by atoms with E-state index in [0.717, 1.165) is 23.3 Å². The average Bonchev–Trinajstić information content (AvgIpc) is 3.39. The quantitative estimate of drug-likeness (QED) is 0.503. The Hall–Kier alpha value is -3.50. The van der Waals surface area contributed by atoms with E-state index in [0.29, 0.717) is 40.5 Å². The number of hydrogen-bond acceptors (Lipinski definition) is 5. The summed E-state index contributed by atoms with van der Waals surface area (Å²) in [6.45, 7) is 6.69. The molecule has 2 N–H and O–H groups in total. The maximum absolute atomic E-state index is 12.0. The van der Waals surface area contributed by atoms with Crippen LogP contribution in [0, 0.1) is 18.8 Å². The molecule has 158 valence electrons. The van der Waals surface area contributed by atoms with Gasteiger partial charge in [0.2, 0.25) is 5.91 Å². The van der Waals surface area contributed by atoms with Gasteiger partial charge in [0.1, 0.15) is 17.3 Å². The summed E-state index contributed by atoms with van der Waals surface area (Å²) in [5.41, 5.74) is 9.21. The minimum Gasteiger partial charge on any atom is -0.497 e. The van der Waals surface area contributed by atoms with Crippen molar-refractivity contribution in [1.29, 1.82) is 0 Å². The minimum absolute atomic E-state index is 0.0414. The number of nitrogen functional groups attached to an aromatic ring is 1. The van der Waals surface area contributed by atoms with Crippen LogP contribution in [0.1, 0.15) is 29.3 Å². The number of nitrogens with zero attached hydrogens (tertiary/aromatic N) is 4. The molecule has 1 atom stereocenters. The first kappa shape index (κ1) is 20.8. The molecule has 1 fully saturated rings. The van der Waals surface area contributed by atoms with Crippen molar-refractivity contribution in [3.63, 3.8) is 0 Å². The molecule has 1 saturated heterocycles. The second kappa shape index (κ2) is 8.32. The van der Waals surface area contributed by atoms with Gasteiger partial charge in [0, 0.05) is 18.7 Å². The Kier molecular flexibility index (Phi) is 5.57. The zero-order valence-corrected chi connectivity index (χ0v) is 18.1. The van der Waals surface area contributed by atoms with Crippen molar-refractivity contribution in [3.05, 3.63) is 58.9 Å². The molecule has 1 aromatic carbocycles. The van der Waals surface area contributed by atoms with Crippen molar-refractivity contribution < 1.29 is 9.53 Å². The normalized spacial score (nSPS) is 15.6. The molecule has 4 rings (SSSR count). The molecule has 2 aromatic heterocycles. The maximum Gasteiger partial charge on any atom is 0.246 e. The summed E-state index contributed by atoms with van der Waals surface area (Å²) in [6, 6.07) is 5.73. The summed E-state index contributed by atoms with van der Waals surface area (Å²) in [6.07, 6.45) is 3.59. The number of nitrogens with two attached hydrogens (primary N) is 1. The van der Waals surface area contributed by atoms with E-state index in [1.807, 2.05) is 29.8 Å². The number of ether oxygens (including phenoxy) is 1. The first-order valence-corrected chi connectivity index (χ1v) is 10.2. The summed E-state index contributed by atoms with van der Waals surface area (Å²) in [4.78, 5) is 17.9. The van der Waals surface area contributed by atoms with Gasteiger partial charge in [0.25, 0.3) is 0 Å². The van der Waals surface area contributed by atoms with Crippen LogP contribution < -0.4 is 10.5 Å². The van der Waals surface area contributed by atoms with Crippen LogP contribution in [-0.2, 0) is 4.79 Å². The van der Waals surface area contributed by atoms with Crippen molar-refractivity contribution >= 4 is 34.2 Å². The number of amides is 1. The van der Waals surface area contributed by atoms with Crippen molar-refractivity contribution in [2.45, 2.75) is 19.4 Å². The van der Waals surface area contributed by atoms with Gasteiger partial charge in [-0.15, -0.1) is 0 Å². The van der Waals surface area contributed by atoms with Gasteiger partial charge in [0.15, 0.2) is 0 Å². The maximum atomic E-state index is 12.0. The van der Waals surface area contributed by atoms with Crippen LogP contribution in [0.15, 0.2) is 37.1 Å². The lowest BCUT2D eigenvalue weighted by Gasteiger charge is -2.15. The van der Waals surface area contributed by atoms with Gasteiger partial charge in [0.05, 0.1) is 35.3 Å². The van der Waals surface area contributed by atoms with Crippen LogP contribution in [-0.4, -0.2) is 45.8 Å². The number of rotatable bonds is 3. The van der Waals surface area contributed by atoms with E-state index in [1.165, 1.54) is 12.3 Å². The molecule has 3 heterocycles. The molecule has 1 aliphatic heterocycles. The number of fused-ring (bicyclic) bond motifs is 1. The van der Waals surface area contributed by atoms with E-state index in [-0.39, 0.29) is 11.9 Å². The highest BCUT2D eigenvalue weighted by molar-refractivity contribution is 6.35. The van der Waals surface area contributed by atoms with E-state index in [9.17, 15) is 4.79 Å². The second-order valence-corrected chi connectivity index (χ2v) is 7.84. The lowest BCUT2D eigenvalue weighted by Crippen LogP contribution is -2.27. The predicted molar refractivity (Wildman–Crippen MR) is 121 cm³/mol. The zero-order chi connectivity index (χ0) is 22.1. The van der Waals surface area contributed by atoms with Crippen LogP contribution >= 0.6 is 11.6 Å². The fourth-order valence-electron chi connectivity index (χ4n) is 3.85. The van der Waals surface area contributed by atoms with Gasteiger partial charge in [-0.05, 0) is 49.1 Å². The number of methoxy groups -OCH3 is 1. The number of hydrogen-bond donors (Lipinski definition) is 1. The molecule has 0 unspecified atom stereocenters. The number of aryl methyl sites for hydroxylation is 1. The van der Waals surface area contributed by atoms with Crippen molar-refractivity contribution in [2.24, 2.45) is 0 Å². The molecule has 0 radical (unpaired) electrons. The summed E-state index contributed by atoms with van der Waals surface area (Å²) in [5, 5.41) is 5.80. The number of benzene rings is 1. The molecular weight excluding hydrogens is 414 g/mol. The standard InChI is InChI=1S/C23H22ClN5O2/c1-4-20(30)28-8-7-16(13-28)29-22-18(24)12-26-23(25)21(22)19(27-29)6-5-15-9-14(2)10-17(11-15)31-3/h4,9-12,16H,1,7-8,13H2,2-3H3,(H2,25,26)/t16-/m0/s1. The Balaban J connectivity index is 1.80. The van der Waals surface area contributed by atoms with Crippen molar-refractivity contribution in [3.8, 4) is 17.6 Å². The molecule has 7 nitrogen and oxygen atoms in total. The summed E-state index contributed by atoms with van der Waals surface area (Å²) in [5.74, 6) is 7.23. The zero-order valence-electron chi connectivity index (χ0n) is 17.4. The molecule has 1 aliphatic rings. The van der Waals surface area contributed by atoms with E-state index >= 15 is 0 Å². The number of carbonyl (C=O) groups is 1. The van der Waals surface area contributed by atoms with Gasteiger partial charge < -0.3 is 15.4 Å². The largest absolute Gasteiger partial charge is 0.497 e. The number of pyridine rings is 1. The van der Waals surface area contributed by atoms with Gasteiger partial charge >= 0.3 is 0 Å². The Morgan fingerprint density at radius 1 is 1.39 bits per heavy atom. The van der Waals surface area contributed by atoms with E-state index in [1.54, 1.807) is 12.0 Å². The van der Waals surface area contributed by atoms with Gasteiger partial charge in [-0.25, -0.2) is 4.98 Å². The predicted octanol–water partition coefficient (Wildman–Crippen LogP) is 3.34. The topological polar surface area (TPSA) is 86.3 Å². The fraction of sp³-hybridized carbons (Fsp3) is 0.261. The second-order valence-electron chi connectivity index (χ2n) is 7.43. The number of carbonyl (C=O) groups excluding carboxylic acids is 1. The van der Waals surface area contributed by atoms with Crippen LogP contribution in [0.4, 0.5) is 5.82 Å². The van der Waals surface area contributed by atoms with Gasteiger partial charge in [-0.3, -0.25) is 9.48 Å². The molecular formula is C23H22ClN5O2. The van der Waals surface area contributed by atoms with Gasteiger partial charge in [-0.2, -0.15) is 5.10 Å². The van der Waals surface area contributed by atoms with E-state index in [4.69, 9.17) is 27.2 Å². The number of aromatic nitrogens is 3. The molecule has 0 bridgehead atoms. The third-order valence-electron chi connectivity index (χ3n) is 5.32. The Bertz CT molecular complexity index is 1250. The first-order valence-electron chi connectivity index (χ1n) is 9.82. The fourth-order valence-corrected chi connectivity index (χ4v) is 4.08. The molecule has 3 aromatic rings. The molecule has 1 amide bonds.